The van der Waals surface area contributed by atoms with E-state index in [0.29, 0.717) is 23.9 Å². The van der Waals surface area contributed by atoms with Crippen molar-refractivity contribution in [3.8, 4) is 0 Å². The van der Waals surface area contributed by atoms with Gasteiger partial charge in [-0.15, -0.1) is 0 Å². The van der Waals surface area contributed by atoms with Crippen molar-refractivity contribution in [3.63, 3.8) is 0 Å². The van der Waals surface area contributed by atoms with Crippen LogP contribution < -0.4 is 9.80 Å². The molecule has 1 aliphatic rings. The number of benzene rings is 2. The minimum atomic E-state index is -0.949. The fraction of sp³-hybridized carbons (Fsp3) is 0.200. The second-order valence-corrected chi connectivity index (χ2v) is 6.75. The average Bonchev–Trinajstić information content (AvgIpc) is 2.67. The van der Waals surface area contributed by atoms with Crippen LogP contribution in [0.2, 0.25) is 5.02 Å². The van der Waals surface area contributed by atoms with E-state index >= 15 is 0 Å². The zero-order valence-electron chi connectivity index (χ0n) is 14.1. The first-order valence-electron chi connectivity index (χ1n) is 8.50. The third-order valence-corrected chi connectivity index (χ3v) is 4.92. The molecule has 4 rings (SSSR count). The molecule has 1 saturated heterocycles. The fourth-order valence-electron chi connectivity index (χ4n) is 3.35. The van der Waals surface area contributed by atoms with Crippen LogP contribution in [0.4, 0.5) is 11.5 Å². The summed E-state index contributed by atoms with van der Waals surface area (Å²) in [6.45, 7) is 2.98. The molecular weight excluding hydrogens is 350 g/mol. The quantitative estimate of drug-likeness (QED) is 0.760. The monoisotopic (exact) mass is 367 g/mol. The zero-order valence-corrected chi connectivity index (χ0v) is 14.9. The van der Waals surface area contributed by atoms with Gasteiger partial charge in [0.25, 0.3) is 0 Å². The molecule has 1 aromatic heterocycles. The van der Waals surface area contributed by atoms with Crippen LogP contribution in [0.1, 0.15) is 10.4 Å². The van der Waals surface area contributed by atoms with Crippen LogP contribution in [-0.4, -0.2) is 42.2 Å². The molecule has 3 aromatic rings. The number of halogens is 1. The van der Waals surface area contributed by atoms with Gasteiger partial charge >= 0.3 is 5.97 Å². The number of pyridine rings is 1. The van der Waals surface area contributed by atoms with Crippen LogP contribution >= 0.6 is 11.6 Å². The Hall–Kier alpha value is -2.79. The number of fused-ring (bicyclic) bond motifs is 1. The summed E-state index contributed by atoms with van der Waals surface area (Å²) in [7, 11) is 0. The summed E-state index contributed by atoms with van der Waals surface area (Å²) in [6, 6.07) is 17.1. The van der Waals surface area contributed by atoms with Gasteiger partial charge in [-0.3, -0.25) is 0 Å². The molecule has 1 fully saturated rings. The number of hydrogen-bond donors (Lipinski definition) is 1. The minimum absolute atomic E-state index is 0.250. The molecule has 1 aliphatic heterocycles. The van der Waals surface area contributed by atoms with Crippen LogP contribution in [0, 0.1) is 0 Å². The number of carboxylic acids is 1. The van der Waals surface area contributed by atoms with E-state index in [2.05, 4.69) is 14.8 Å². The number of nitrogens with zero attached hydrogens (tertiary/aromatic N) is 3. The van der Waals surface area contributed by atoms with E-state index in [-0.39, 0.29) is 5.56 Å². The van der Waals surface area contributed by atoms with Gasteiger partial charge in [0.2, 0.25) is 0 Å². The number of hydrogen-bond acceptors (Lipinski definition) is 4. The number of aromatic nitrogens is 1. The number of para-hydroxylation sites is 1. The number of carboxylic acid groups (broad SMARTS) is 1. The lowest BCUT2D eigenvalue weighted by Gasteiger charge is -2.37. The van der Waals surface area contributed by atoms with Crippen molar-refractivity contribution in [2.24, 2.45) is 0 Å². The van der Waals surface area contributed by atoms with Crippen molar-refractivity contribution in [2.45, 2.75) is 0 Å². The molecule has 26 heavy (non-hydrogen) atoms. The molecule has 5 nitrogen and oxygen atoms in total. The maximum absolute atomic E-state index is 11.7. The topological polar surface area (TPSA) is 56.7 Å². The van der Waals surface area contributed by atoms with Gasteiger partial charge in [0.05, 0.1) is 5.52 Å². The van der Waals surface area contributed by atoms with Crippen LogP contribution in [-0.2, 0) is 0 Å². The highest BCUT2D eigenvalue weighted by Crippen LogP contribution is 2.26. The Balaban J connectivity index is 1.61. The first-order valence-corrected chi connectivity index (χ1v) is 8.88. The SMILES string of the molecule is O=C(O)c1cc2ccccc2nc1N1CCN(c2cccc(Cl)c2)CC1. The Morgan fingerprint density at radius 1 is 0.962 bits per heavy atom. The van der Waals surface area contributed by atoms with Gasteiger partial charge in [-0.1, -0.05) is 35.9 Å². The Morgan fingerprint density at radius 2 is 1.69 bits per heavy atom. The molecular formula is C20H18ClN3O2. The number of rotatable bonds is 3. The van der Waals surface area contributed by atoms with Crippen LogP contribution in [0.3, 0.4) is 0 Å². The average molecular weight is 368 g/mol. The van der Waals surface area contributed by atoms with Gasteiger partial charge in [-0.25, -0.2) is 9.78 Å². The smallest absolute Gasteiger partial charge is 0.339 e. The van der Waals surface area contributed by atoms with Crippen molar-refractivity contribution >= 4 is 40.0 Å². The molecule has 2 aromatic carbocycles. The normalized spacial score (nSPS) is 14.7. The summed E-state index contributed by atoms with van der Waals surface area (Å²) in [5.41, 5.74) is 2.15. The first kappa shape index (κ1) is 16.7. The molecule has 0 radical (unpaired) electrons. The second-order valence-electron chi connectivity index (χ2n) is 6.31. The molecule has 0 amide bonds. The van der Waals surface area contributed by atoms with Gasteiger partial charge in [0.15, 0.2) is 0 Å². The Bertz CT molecular complexity index is 968. The van der Waals surface area contributed by atoms with Crippen LogP contribution in [0.15, 0.2) is 54.6 Å². The Morgan fingerprint density at radius 3 is 2.42 bits per heavy atom. The first-order chi connectivity index (χ1) is 12.6. The molecule has 0 saturated carbocycles. The van der Waals surface area contributed by atoms with Gasteiger partial charge in [0.1, 0.15) is 11.4 Å². The number of carbonyl (C=O) groups is 1. The number of piperazine rings is 1. The van der Waals surface area contributed by atoms with Gasteiger partial charge in [-0.05, 0) is 30.3 Å². The largest absolute Gasteiger partial charge is 0.478 e. The van der Waals surface area contributed by atoms with Crippen molar-refractivity contribution in [1.29, 1.82) is 0 Å². The summed E-state index contributed by atoms with van der Waals surface area (Å²) in [5.74, 6) is -0.405. The second kappa shape index (κ2) is 6.84. The maximum atomic E-state index is 11.7. The van der Waals surface area contributed by atoms with Crippen LogP contribution in [0.5, 0.6) is 0 Å². The zero-order chi connectivity index (χ0) is 18.1. The third-order valence-electron chi connectivity index (χ3n) is 4.69. The van der Waals surface area contributed by atoms with Crippen molar-refractivity contribution in [3.05, 3.63) is 65.2 Å². The summed E-state index contributed by atoms with van der Waals surface area (Å²) in [4.78, 5) is 20.7. The molecule has 2 heterocycles. The van der Waals surface area contributed by atoms with Crippen molar-refractivity contribution in [1.82, 2.24) is 4.98 Å². The summed E-state index contributed by atoms with van der Waals surface area (Å²) in [5, 5.41) is 11.2. The van der Waals surface area contributed by atoms with E-state index in [4.69, 9.17) is 11.6 Å². The molecule has 0 unspecified atom stereocenters. The molecule has 0 aliphatic carbocycles. The van der Waals surface area contributed by atoms with E-state index in [9.17, 15) is 9.90 Å². The van der Waals surface area contributed by atoms with Crippen LogP contribution in [0.25, 0.3) is 10.9 Å². The number of aromatic carboxylic acids is 1. The number of anilines is 2. The van der Waals surface area contributed by atoms with E-state index in [1.54, 1.807) is 6.07 Å². The van der Waals surface area contributed by atoms with E-state index in [1.807, 2.05) is 48.5 Å². The molecule has 0 spiro atoms. The highest BCUT2D eigenvalue weighted by molar-refractivity contribution is 6.30. The lowest BCUT2D eigenvalue weighted by molar-refractivity contribution is 0.0697. The van der Waals surface area contributed by atoms with Gasteiger partial charge in [0, 0.05) is 42.3 Å². The predicted molar refractivity (Wildman–Crippen MR) is 105 cm³/mol. The molecule has 0 bridgehead atoms. The van der Waals surface area contributed by atoms with E-state index in [1.165, 1.54) is 0 Å². The molecule has 132 valence electrons. The van der Waals surface area contributed by atoms with Crippen molar-refractivity contribution in [2.75, 3.05) is 36.0 Å². The highest BCUT2D eigenvalue weighted by Gasteiger charge is 2.23. The maximum Gasteiger partial charge on any atom is 0.339 e. The highest BCUT2D eigenvalue weighted by atomic mass is 35.5. The summed E-state index contributed by atoms with van der Waals surface area (Å²) in [6.07, 6.45) is 0. The molecule has 0 atom stereocenters. The van der Waals surface area contributed by atoms with E-state index < -0.39 is 5.97 Å². The summed E-state index contributed by atoms with van der Waals surface area (Å²) >= 11 is 6.09. The molecule has 1 N–H and O–H groups in total. The predicted octanol–water partition coefficient (Wildman–Crippen LogP) is 3.91. The van der Waals surface area contributed by atoms with E-state index in [0.717, 1.165) is 29.7 Å². The third kappa shape index (κ3) is 3.18. The molecule has 6 heteroatoms. The van der Waals surface area contributed by atoms with Gasteiger partial charge < -0.3 is 14.9 Å². The lowest BCUT2D eigenvalue weighted by Crippen LogP contribution is -2.47. The standard InChI is InChI=1S/C20H18ClN3O2/c21-15-5-3-6-16(13-15)23-8-10-24(11-9-23)19-17(20(25)26)12-14-4-1-2-7-18(14)22-19/h1-7,12-13H,8-11H2,(H,25,26). The minimum Gasteiger partial charge on any atom is -0.478 e. The fourth-order valence-corrected chi connectivity index (χ4v) is 3.54. The summed E-state index contributed by atoms with van der Waals surface area (Å²) < 4.78 is 0. The Kier molecular flexibility index (Phi) is 4.39. The van der Waals surface area contributed by atoms with Crippen molar-refractivity contribution < 1.29 is 9.90 Å². The lowest BCUT2D eigenvalue weighted by atomic mass is 10.1. The Labute approximate surface area is 156 Å². The van der Waals surface area contributed by atoms with Gasteiger partial charge in [-0.2, -0.15) is 0 Å².